The summed E-state index contributed by atoms with van der Waals surface area (Å²) in [5.74, 6) is 1.84. The molecule has 0 radical (unpaired) electrons. The molecule has 4 nitrogen and oxygen atoms in total. The molecular weight excluding hydrogens is 845 g/mol. The number of hydrogen-bond acceptors (Lipinski definition) is 4. The second-order valence-electron chi connectivity index (χ2n) is 17.1. The van der Waals surface area contributed by atoms with Gasteiger partial charge in [-0.1, -0.05) is 206 Å². The van der Waals surface area contributed by atoms with Gasteiger partial charge in [0.2, 0.25) is 0 Å². The van der Waals surface area contributed by atoms with E-state index in [1.54, 1.807) is 0 Å². The van der Waals surface area contributed by atoms with E-state index < -0.39 is 0 Å². The number of fused-ring (bicyclic) bond motifs is 6. The van der Waals surface area contributed by atoms with Gasteiger partial charge >= 0.3 is 0 Å². The minimum atomic E-state index is 0.601. The number of hydrogen-bond donors (Lipinski definition) is 0. The van der Waals surface area contributed by atoms with Crippen molar-refractivity contribution < 1.29 is 0 Å². The Kier molecular flexibility index (Phi) is 9.66. The average Bonchev–Trinajstić information content (AvgIpc) is 3.97. The van der Waals surface area contributed by atoms with Crippen LogP contribution in [0.2, 0.25) is 0 Å². The van der Waals surface area contributed by atoms with Crippen LogP contribution in [0.3, 0.4) is 0 Å². The monoisotopic (exact) mass is 884 g/mol. The van der Waals surface area contributed by atoms with Crippen LogP contribution in [0, 0.1) is 0 Å². The predicted octanol–water partition coefficient (Wildman–Crippen LogP) is 17.0. The van der Waals surface area contributed by atoms with Gasteiger partial charge in [0.1, 0.15) is 0 Å². The fourth-order valence-corrected chi connectivity index (χ4v) is 11.1. The first kappa shape index (κ1) is 39.6. The molecule has 0 saturated heterocycles. The molecule has 0 amide bonds. The normalized spacial score (nSPS) is 11.5. The molecule has 5 heteroatoms. The van der Waals surface area contributed by atoms with Gasteiger partial charge in [-0.05, 0) is 75.3 Å². The van der Waals surface area contributed by atoms with Crippen LogP contribution in [0.15, 0.2) is 243 Å². The van der Waals surface area contributed by atoms with Crippen molar-refractivity contribution in [3.8, 4) is 84.4 Å². The molecule has 0 aliphatic carbocycles. The summed E-state index contributed by atoms with van der Waals surface area (Å²) in [7, 11) is 0. The van der Waals surface area contributed by atoms with Gasteiger partial charge in [-0.25, -0.2) is 15.0 Å². The lowest BCUT2D eigenvalue weighted by Gasteiger charge is -2.17. The Bertz CT molecular complexity index is 4010. The van der Waals surface area contributed by atoms with E-state index in [0.717, 1.165) is 50.1 Å². The molecule has 0 fully saturated rings. The summed E-state index contributed by atoms with van der Waals surface area (Å²) in [5, 5.41) is 4.95. The largest absolute Gasteiger partial charge is 0.309 e. The first-order valence-corrected chi connectivity index (χ1v) is 23.7. The number of thiophene rings is 1. The lowest BCUT2D eigenvalue weighted by molar-refractivity contribution is 1.07. The number of nitrogens with zero attached hydrogens (tertiary/aromatic N) is 4. The Hall–Kier alpha value is -8.77. The van der Waals surface area contributed by atoms with Crippen LogP contribution >= 0.6 is 11.3 Å². The van der Waals surface area contributed by atoms with Crippen LogP contribution < -0.4 is 0 Å². The molecule has 0 aliphatic rings. The minimum absolute atomic E-state index is 0.601. The van der Waals surface area contributed by atoms with Crippen LogP contribution in [0.5, 0.6) is 0 Å². The Morgan fingerprint density at radius 1 is 0.294 bits per heavy atom. The first-order chi connectivity index (χ1) is 33.7. The quantitative estimate of drug-likeness (QED) is 0.153. The maximum Gasteiger partial charge on any atom is 0.164 e. The Labute approximate surface area is 397 Å². The van der Waals surface area contributed by atoms with Crippen molar-refractivity contribution in [2.45, 2.75) is 0 Å². The standard InChI is InChI=1S/C63H40N4S/c1-5-18-41(19-6-1)45-35-37-55-54(39-45)59-50(43-22-9-3-10-23-43)29-17-32-56(59)67(55)57-40-48(34-36-49(57)42-20-7-2-8-21-42)63-65-61(44-24-11-4-12-25-44)64-62(66-63)47-27-15-26-46(38-47)51-30-16-31-53-52-28-13-14-33-58(52)68-60(51)53/h1-40H. The number of benzene rings is 10. The predicted molar refractivity (Wildman–Crippen MR) is 285 cm³/mol. The van der Waals surface area contributed by atoms with Crippen molar-refractivity contribution in [1.29, 1.82) is 0 Å². The van der Waals surface area contributed by atoms with Crippen LogP contribution in [0.4, 0.5) is 0 Å². The summed E-state index contributed by atoms with van der Waals surface area (Å²) in [6.45, 7) is 0. The molecule has 13 rings (SSSR count). The van der Waals surface area contributed by atoms with Gasteiger partial charge in [-0.3, -0.25) is 0 Å². The van der Waals surface area contributed by atoms with Gasteiger partial charge in [-0.15, -0.1) is 11.3 Å². The van der Waals surface area contributed by atoms with Crippen molar-refractivity contribution in [1.82, 2.24) is 19.5 Å². The summed E-state index contributed by atoms with van der Waals surface area (Å²) >= 11 is 1.84. The van der Waals surface area contributed by atoms with Crippen LogP contribution in [-0.4, -0.2) is 19.5 Å². The van der Waals surface area contributed by atoms with Crippen molar-refractivity contribution in [2.24, 2.45) is 0 Å². The molecule has 0 aliphatic heterocycles. The van der Waals surface area contributed by atoms with E-state index in [-0.39, 0.29) is 0 Å². The molecule has 10 aromatic carbocycles. The van der Waals surface area contributed by atoms with Crippen LogP contribution in [-0.2, 0) is 0 Å². The molecule has 0 saturated carbocycles. The smallest absolute Gasteiger partial charge is 0.164 e. The van der Waals surface area contributed by atoms with E-state index in [4.69, 9.17) is 15.0 Å². The highest BCUT2D eigenvalue weighted by Crippen LogP contribution is 2.44. The van der Waals surface area contributed by atoms with Crippen LogP contribution in [0.25, 0.3) is 126 Å². The van der Waals surface area contributed by atoms with Gasteiger partial charge in [0, 0.05) is 53.2 Å². The fraction of sp³-hybridized carbons (Fsp3) is 0. The molecule has 0 atom stereocenters. The molecule has 13 aromatic rings. The highest BCUT2D eigenvalue weighted by molar-refractivity contribution is 7.26. The number of rotatable bonds is 8. The second kappa shape index (κ2) is 16.6. The molecule has 68 heavy (non-hydrogen) atoms. The third kappa shape index (κ3) is 6.88. The van der Waals surface area contributed by atoms with Crippen LogP contribution in [0.1, 0.15) is 0 Å². The molecular formula is C63H40N4S. The summed E-state index contributed by atoms with van der Waals surface area (Å²) in [6.07, 6.45) is 0. The van der Waals surface area contributed by atoms with E-state index in [9.17, 15) is 0 Å². The van der Waals surface area contributed by atoms with Gasteiger partial charge in [0.05, 0.1) is 16.7 Å². The van der Waals surface area contributed by atoms with Crippen molar-refractivity contribution in [3.05, 3.63) is 243 Å². The fourth-order valence-electron chi connectivity index (χ4n) is 9.87. The molecule has 0 spiro atoms. The van der Waals surface area contributed by atoms with Crippen molar-refractivity contribution in [2.75, 3.05) is 0 Å². The lowest BCUT2D eigenvalue weighted by Crippen LogP contribution is -2.02. The third-order valence-electron chi connectivity index (χ3n) is 13.1. The molecule has 0 unspecified atom stereocenters. The van der Waals surface area contributed by atoms with Gasteiger partial charge in [0.15, 0.2) is 17.5 Å². The van der Waals surface area contributed by atoms with E-state index >= 15 is 0 Å². The van der Waals surface area contributed by atoms with Gasteiger partial charge in [-0.2, -0.15) is 0 Å². The Balaban J connectivity index is 1.03. The van der Waals surface area contributed by atoms with Crippen molar-refractivity contribution in [3.63, 3.8) is 0 Å². The summed E-state index contributed by atoms with van der Waals surface area (Å²) in [5.41, 5.74) is 15.3. The van der Waals surface area contributed by atoms with E-state index in [1.165, 1.54) is 58.8 Å². The Morgan fingerprint density at radius 2 is 0.824 bits per heavy atom. The zero-order chi connectivity index (χ0) is 45.0. The summed E-state index contributed by atoms with van der Waals surface area (Å²) < 4.78 is 5.00. The summed E-state index contributed by atoms with van der Waals surface area (Å²) in [4.78, 5) is 15.8. The third-order valence-corrected chi connectivity index (χ3v) is 14.3. The zero-order valence-electron chi connectivity index (χ0n) is 36.8. The lowest BCUT2D eigenvalue weighted by atomic mass is 9.97. The SMILES string of the molecule is c1ccc(-c2ccc3c(c2)c2c(-c4ccccc4)cccc2n3-c2cc(-c3nc(-c4ccccc4)nc(-c4cccc(-c5cccc6c5sc5ccccc56)c4)n3)ccc2-c2ccccc2)cc1. The van der Waals surface area contributed by atoms with E-state index in [1.807, 2.05) is 29.5 Å². The summed E-state index contributed by atoms with van der Waals surface area (Å²) in [6, 6.07) is 86.5. The maximum atomic E-state index is 5.35. The molecule has 3 aromatic heterocycles. The Morgan fingerprint density at radius 3 is 1.56 bits per heavy atom. The average molecular weight is 885 g/mol. The molecule has 0 N–H and O–H groups in total. The van der Waals surface area contributed by atoms with Crippen molar-refractivity contribution >= 4 is 53.3 Å². The van der Waals surface area contributed by atoms with E-state index in [2.05, 4.69) is 229 Å². The maximum absolute atomic E-state index is 5.35. The molecule has 318 valence electrons. The topological polar surface area (TPSA) is 43.6 Å². The molecule has 0 bridgehead atoms. The van der Waals surface area contributed by atoms with Gasteiger partial charge < -0.3 is 4.57 Å². The number of aromatic nitrogens is 4. The highest BCUT2D eigenvalue weighted by atomic mass is 32.1. The highest BCUT2D eigenvalue weighted by Gasteiger charge is 2.22. The van der Waals surface area contributed by atoms with Gasteiger partial charge in [0.25, 0.3) is 0 Å². The van der Waals surface area contributed by atoms with E-state index in [0.29, 0.717) is 17.5 Å². The minimum Gasteiger partial charge on any atom is -0.309 e. The first-order valence-electron chi connectivity index (χ1n) is 22.9. The molecule has 3 heterocycles. The second-order valence-corrected chi connectivity index (χ2v) is 18.2. The zero-order valence-corrected chi connectivity index (χ0v) is 37.6.